The van der Waals surface area contributed by atoms with Crippen molar-refractivity contribution < 1.29 is 13.9 Å². The maximum Gasteiger partial charge on any atom is 0.143 e. The molecule has 0 aliphatic heterocycles. The minimum atomic E-state index is -1.02. The molecule has 0 unspecified atom stereocenters. The van der Waals surface area contributed by atoms with Gasteiger partial charge in [-0.3, -0.25) is 0 Å². The van der Waals surface area contributed by atoms with Gasteiger partial charge in [0.1, 0.15) is 11.6 Å². The van der Waals surface area contributed by atoms with Crippen LogP contribution in [0.4, 0.5) is 8.78 Å². The maximum atomic E-state index is 13.9. The summed E-state index contributed by atoms with van der Waals surface area (Å²) in [5, 5.41) is 10.5. The number of rotatable bonds is 6. The van der Waals surface area contributed by atoms with Crippen molar-refractivity contribution in [1.82, 2.24) is 0 Å². The highest BCUT2D eigenvalue weighted by Gasteiger charge is 2.28. The summed E-state index contributed by atoms with van der Waals surface area (Å²) in [6.07, 6.45) is 2.69. The monoisotopic (exact) mass is 320 g/mol. The van der Waals surface area contributed by atoms with Crippen LogP contribution < -0.4 is 0 Å². The number of hydrogen-bond acceptors (Lipinski definition) is 1. The Kier molecular flexibility index (Phi) is 5.73. The van der Waals surface area contributed by atoms with Crippen LogP contribution in [0.1, 0.15) is 45.1 Å². The standard InChI is InChI=1S/C14H19BrF2O/c1-3-7-14(18,8-4-2)9-10-12(16)6-5-11(15)13(10)17/h5-6,18H,3-4,7-9H2,1-2H3. The quantitative estimate of drug-likeness (QED) is 0.759. The lowest BCUT2D eigenvalue weighted by Gasteiger charge is -2.28. The van der Waals surface area contributed by atoms with Crippen molar-refractivity contribution in [2.24, 2.45) is 0 Å². The first kappa shape index (κ1) is 15.6. The van der Waals surface area contributed by atoms with Crippen LogP contribution in [0.5, 0.6) is 0 Å². The average molecular weight is 321 g/mol. The van der Waals surface area contributed by atoms with E-state index in [2.05, 4.69) is 15.9 Å². The molecule has 0 aliphatic carbocycles. The Morgan fingerprint density at radius 1 is 1.17 bits per heavy atom. The Balaban J connectivity index is 3.04. The smallest absolute Gasteiger partial charge is 0.143 e. The fraction of sp³-hybridized carbons (Fsp3) is 0.571. The zero-order valence-corrected chi connectivity index (χ0v) is 12.4. The van der Waals surface area contributed by atoms with Gasteiger partial charge in [0.2, 0.25) is 0 Å². The van der Waals surface area contributed by atoms with E-state index in [4.69, 9.17) is 0 Å². The summed E-state index contributed by atoms with van der Waals surface area (Å²) in [6, 6.07) is 2.56. The molecule has 1 nitrogen and oxygen atoms in total. The van der Waals surface area contributed by atoms with E-state index in [-0.39, 0.29) is 16.5 Å². The zero-order chi connectivity index (χ0) is 13.8. The highest BCUT2D eigenvalue weighted by Crippen LogP contribution is 2.29. The van der Waals surface area contributed by atoms with Crippen LogP contribution in [0.2, 0.25) is 0 Å². The summed E-state index contributed by atoms with van der Waals surface area (Å²) >= 11 is 3.04. The molecule has 4 heteroatoms. The first-order valence-electron chi connectivity index (χ1n) is 6.28. The molecule has 0 saturated carbocycles. The lowest BCUT2D eigenvalue weighted by molar-refractivity contribution is 0.0200. The fourth-order valence-corrected chi connectivity index (χ4v) is 2.66. The second kappa shape index (κ2) is 6.62. The third-order valence-corrected chi connectivity index (χ3v) is 3.69. The molecule has 102 valence electrons. The Hall–Kier alpha value is -0.480. The summed E-state index contributed by atoms with van der Waals surface area (Å²) in [4.78, 5) is 0. The third-order valence-electron chi connectivity index (χ3n) is 3.08. The number of halogens is 3. The van der Waals surface area contributed by atoms with Crippen LogP contribution >= 0.6 is 15.9 Å². The number of benzene rings is 1. The lowest BCUT2D eigenvalue weighted by Crippen LogP contribution is -2.32. The Labute approximate surface area is 115 Å². The SMILES string of the molecule is CCCC(O)(CCC)Cc1c(F)ccc(Br)c1F. The first-order chi connectivity index (χ1) is 8.43. The molecular weight excluding hydrogens is 302 g/mol. The molecule has 0 atom stereocenters. The van der Waals surface area contributed by atoms with Gasteiger partial charge in [0.25, 0.3) is 0 Å². The molecule has 18 heavy (non-hydrogen) atoms. The fourth-order valence-electron chi connectivity index (χ4n) is 2.29. The van der Waals surface area contributed by atoms with Crippen molar-refractivity contribution in [3.8, 4) is 0 Å². The van der Waals surface area contributed by atoms with E-state index in [1.165, 1.54) is 12.1 Å². The van der Waals surface area contributed by atoms with Gasteiger partial charge in [-0.2, -0.15) is 0 Å². The summed E-state index contributed by atoms with van der Waals surface area (Å²) in [6.45, 7) is 3.91. The van der Waals surface area contributed by atoms with Crippen LogP contribution in [-0.2, 0) is 6.42 Å². The van der Waals surface area contributed by atoms with E-state index in [1.54, 1.807) is 0 Å². The molecule has 0 aliphatic rings. The Morgan fingerprint density at radius 2 is 1.72 bits per heavy atom. The van der Waals surface area contributed by atoms with Gasteiger partial charge in [0.05, 0.1) is 10.1 Å². The predicted octanol–water partition coefficient (Wildman–Crippen LogP) is 4.60. The molecule has 0 aromatic heterocycles. The predicted molar refractivity (Wildman–Crippen MR) is 72.5 cm³/mol. The highest BCUT2D eigenvalue weighted by atomic mass is 79.9. The van der Waals surface area contributed by atoms with E-state index in [1.807, 2.05) is 13.8 Å². The molecule has 1 aromatic rings. The third kappa shape index (κ3) is 3.75. The van der Waals surface area contributed by atoms with Gasteiger partial charge in [-0.25, -0.2) is 8.78 Å². The minimum Gasteiger partial charge on any atom is -0.390 e. The van der Waals surface area contributed by atoms with Gasteiger partial charge in [-0.05, 0) is 40.9 Å². The van der Waals surface area contributed by atoms with Crippen molar-refractivity contribution in [2.45, 2.75) is 51.6 Å². The van der Waals surface area contributed by atoms with Crippen LogP contribution in [0, 0.1) is 11.6 Å². The molecule has 0 saturated heterocycles. The van der Waals surface area contributed by atoms with Crippen molar-refractivity contribution in [2.75, 3.05) is 0 Å². The van der Waals surface area contributed by atoms with Gasteiger partial charge in [-0.1, -0.05) is 26.7 Å². The summed E-state index contributed by atoms with van der Waals surface area (Å²) in [5.74, 6) is -1.21. The number of hydrogen-bond donors (Lipinski definition) is 1. The largest absolute Gasteiger partial charge is 0.390 e. The van der Waals surface area contributed by atoms with Gasteiger partial charge in [-0.15, -0.1) is 0 Å². The van der Waals surface area contributed by atoms with Crippen molar-refractivity contribution in [3.63, 3.8) is 0 Å². The Bertz CT molecular complexity index is 401. The zero-order valence-electron chi connectivity index (χ0n) is 10.8. The van der Waals surface area contributed by atoms with E-state index >= 15 is 0 Å². The van der Waals surface area contributed by atoms with E-state index in [9.17, 15) is 13.9 Å². The molecule has 0 amide bonds. The van der Waals surface area contributed by atoms with Crippen molar-refractivity contribution >= 4 is 15.9 Å². The highest BCUT2D eigenvalue weighted by molar-refractivity contribution is 9.10. The molecule has 0 bridgehead atoms. The van der Waals surface area contributed by atoms with E-state index < -0.39 is 17.2 Å². The second-order valence-electron chi connectivity index (χ2n) is 4.72. The summed E-state index contributed by atoms with van der Waals surface area (Å²) in [5.41, 5.74) is -1.06. The molecule has 0 heterocycles. The number of aliphatic hydroxyl groups is 1. The molecule has 0 spiro atoms. The minimum absolute atomic E-state index is 0.0196. The molecular formula is C14H19BrF2O. The Morgan fingerprint density at radius 3 is 2.22 bits per heavy atom. The maximum absolute atomic E-state index is 13.9. The van der Waals surface area contributed by atoms with E-state index in [0.29, 0.717) is 12.8 Å². The molecule has 0 radical (unpaired) electrons. The molecule has 1 aromatic carbocycles. The van der Waals surface area contributed by atoms with Crippen LogP contribution in [0.3, 0.4) is 0 Å². The van der Waals surface area contributed by atoms with Crippen molar-refractivity contribution in [1.29, 1.82) is 0 Å². The normalized spacial score (nSPS) is 11.9. The first-order valence-corrected chi connectivity index (χ1v) is 7.07. The van der Waals surface area contributed by atoms with Gasteiger partial charge in [0.15, 0.2) is 0 Å². The molecule has 0 fully saturated rings. The topological polar surface area (TPSA) is 20.2 Å². The van der Waals surface area contributed by atoms with Crippen molar-refractivity contribution in [3.05, 3.63) is 33.8 Å². The summed E-state index contributed by atoms with van der Waals surface area (Å²) in [7, 11) is 0. The van der Waals surface area contributed by atoms with Crippen LogP contribution in [-0.4, -0.2) is 10.7 Å². The van der Waals surface area contributed by atoms with Crippen LogP contribution in [0.15, 0.2) is 16.6 Å². The average Bonchev–Trinajstić information content (AvgIpc) is 2.30. The molecule has 1 N–H and O–H groups in total. The van der Waals surface area contributed by atoms with Gasteiger partial charge in [0, 0.05) is 12.0 Å². The molecule has 1 rings (SSSR count). The lowest BCUT2D eigenvalue weighted by atomic mass is 9.86. The van der Waals surface area contributed by atoms with Gasteiger partial charge < -0.3 is 5.11 Å². The van der Waals surface area contributed by atoms with Gasteiger partial charge >= 0.3 is 0 Å². The second-order valence-corrected chi connectivity index (χ2v) is 5.58. The van der Waals surface area contributed by atoms with Crippen LogP contribution in [0.25, 0.3) is 0 Å². The van der Waals surface area contributed by atoms with E-state index in [0.717, 1.165) is 12.8 Å². The summed E-state index contributed by atoms with van der Waals surface area (Å²) < 4.78 is 27.8.